The fraction of sp³-hybridized carbons (Fsp3) is 0.769. The van der Waals surface area contributed by atoms with E-state index in [1.165, 1.54) is 17.3 Å². The molecule has 2 unspecified atom stereocenters. The summed E-state index contributed by atoms with van der Waals surface area (Å²) in [5.74, 6) is 0.367. The number of carbonyl (C=O) groups is 1. The molecule has 0 saturated heterocycles. The molecule has 0 saturated carbocycles. The summed E-state index contributed by atoms with van der Waals surface area (Å²) in [4.78, 5) is 15.7. The van der Waals surface area contributed by atoms with Gasteiger partial charge in [-0.2, -0.15) is 5.10 Å². The van der Waals surface area contributed by atoms with E-state index in [4.69, 9.17) is 0 Å². The van der Waals surface area contributed by atoms with Crippen LogP contribution in [-0.4, -0.2) is 37.9 Å². The highest BCUT2D eigenvalue weighted by Crippen LogP contribution is 2.15. The third kappa shape index (κ3) is 5.38. The van der Waals surface area contributed by atoms with Gasteiger partial charge in [-0.15, -0.1) is 0 Å². The van der Waals surface area contributed by atoms with Gasteiger partial charge in [0.05, 0.1) is 5.60 Å². The van der Waals surface area contributed by atoms with E-state index in [0.29, 0.717) is 12.3 Å². The molecule has 0 aliphatic carbocycles. The minimum atomic E-state index is -0.873. The Labute approximate surface area is 114 Å². The zero-order chi connectivity index (χ0) is 14.5. The molecule has 108 valence electrons. The molecule has 1 rings (SSSR count). The number of aliphatic hydroxyl groups is 1. The van der Waals surface area contributed by atoms with Gasteiger partial charge in [0.1, 0.15) is 18.7 Å². The number of hydrogen-bond acceptors (Lipinski definition) is 4. The van der Waals surface area contributed by atoms with Crippen molar-refractivity contribution in [2.75, 3.05) is 6.54 Å². The summed E-state index contributed by atoms with van der Waals surface area (Å²) in [6, 6.07) is -0.427. The minimum Gasteiger partial charge on any atom is -0.388 e. The second-order valence-corrected chi connectivity index (χ2v) is 5.70. The maximum Gasteiger partial charge on any atom is 0.244 e. The quantitative estimate of drug-likeness (QED) is 0.777. The van der Waals surface area contributed by atoms with Crippen LogP contribution in [0.15, 0.2) is 12.7 Å². The Kier molecular flexibility index (Phi) is 5.47. The molecular formula is C13H24N4O2. The predicted molar refractivity (Wildman–Crippen MR) is 72.4 cm³/mol. The van der Waals surface area contributed by atoms with Crippen LogP contribution < -0.4 is 5.32 Å². The van der Waals surface area contributed by atoms with Gasteiger partial charge >= 0.3 is 0 Å². The first-order valence-electron chi connectivity index (χ1n) is 6.66. The van der Waals surface area contributed by atoms with Crippen molar-refractivity contribution in [2.45, 2.75) is 52.2 Å². The second-order valence-electron chi connectivity index (χ2n) is 5.70. The second kappa shape index (κ2) is 6.65. The van der Waals surface area contributed by atoms with Crippen molar-refractivity contribution in [1.29, 1.82) is 0 Å². The van der Waals surface area contributed by atoms with Crippen LogP contribution in [0.25, 0.3) is 0 Å². The minimum absolute atomic E-state index is 0.171. The van der Waals surface area contributed by atoms with Crippen LogP contribution in [0.2, 0.25) is 0 Å². The van der Waals surface area contributed by atoms with E-state index in [1.807, 2.05) is 0 Å². The van der Waals surface area contributed by atoms with Crippen LogP contribution in [-0.2, 0) is 4.79 Å². The fourth-order valence-corrected chi connectivity index (χ4v) is 1.65. The average Bonchev–Trinajstić information content (AvgIpc) is 2.86. The SMILES string of the molecule is CC(C)CCC(C)(O)CNC(=O)C(C)n1cncn1. The molecule has 1 heterocycles. The van der Waals surface area contributed by atoms with Gasteiger partial charge in [0.15, 0.2) is 0 Å². The van der Waals surface area contributed by atoms with E-state index in [9.17, 15) is 9.90 Å². The van der Waals surface area contributed by atoms with Gasteiger partial charge in [-0.1, -0.05) is 13.8 Å². The first-order valence-corrected chi connectivity index (χ1v) is 6.66. The van der Waals surface area contributed by atoms with Gasteiger partial charge in [-0.25, -0.2) is 9.67 Å². The Morgan fingerprint density at radius 1 is 1.47 bits per heavy atom. The van der Waals surface area contributed by atoms with Crippen molar-refractivity contribution in [3.05, 3.63) is 12.7 Å². The van der Waals surface area contributed by atoms with Crippen LogP contribution in [0.1, 0.15) is 46.6 Å². The summed E-state index contributed by atoms with van der Waals surface area (Å²) in [6.07, 6.45) is 4.49. The number of aromatic nitrogens is 3. The van der Waals surface area contributed by atoms with Gasteiger partial charge in [0.2, 0.25) is 5.91 Å². The van der Waals surface area contributed by atoms with Crippen molar-refractivity contribution in [3.8, 4) is 0 Å². The zero-order valence-corrected chi connectivity index (χ0v) is 12.1. The molecule has 1 amide bonds. The van der Waals surface area contributed by atoms with Crippen LogP contribution in [0, 0.1) is 5.92 Å². The van der Waals surface area contributed by atoms with Crippen LogP contribution in [0.5, 0.6) is 0 Å². The van der Waals surface area contributed by atoms with Gasteiger partial charge < -0.3 is 10.4 Å². The fourth-order valence-electron chi connectivity index (χ4n) is 1.65. The highest BCUT2D eigenvalue weighted by atomic mass is 16.3. The highest BCUT2D eigenvalue weighted by Gasteiger charge is 2.23. The van der Waals surface area contributed by atoms with Gasteiger partial charge in [0, 0.05) is 6.54 Å². The molecule has 0 aromatic carbocycles. The van der Waals surface area contributed by atoms with E-state index >= 15 is 0 Å². The lowest BCUT2D eigenvalue weighted by molar-refractivity contribution is -0.125. The first kappa shape index (κ1) is 15.6. The van der Waals surface area contributed by atoms with Crippen LogP contribution in [0.4, 0.5) is 0 Å². The normalized spacial score (nSPS) is 16.1. The molecule has 0 bridgehead atoms. The summed E-state index contributed by atoms with van der Waals surface area (Å²) in [6.45, 7) is 7.96. The van der Waals surface area contributed by atoms with Gasteiger partial charge in [0.25, 0.3) is 0 Å². The molecule has 6 nitrogen and oxygen atoms in total. The molecule has 19 heavy (non-hydrogen) atoms. The summed E-state index contributed by atoms with van der Waals surface area (Å²) in [7, 11) is 0. The molecule has 0 fully saturated rings. The monoisotopic (exact) mass is 268 g/mol. The van der Waals surface area contributed by atoms with Crippen molar-refractivity contribution in [2.24, 2.45) is 5.92 Å². The maximum absolute atomic E-state index is 11.9. The van der Waals surface area contributed by atoms with Crippen molar-refractivity contribution in [3.63, 3.8) is 0 Å². The van der Waals surface area contributed by atoms with Gasteiger partial charge in [-0.3, -0.25) is 4.79 Å². The molecule has 2 atom stereocenters. The number of nitrogens with one attached hydrogen (secondary N) is 1. The van der Waals surface area contributed by atoms with Crippen molar-refractivity contribution in [1.82, 2.24) is 20.1 Å². The maximum atomic E-state index is 11.9. The zero-order valence-electron chi connectivity index (χ0n) is 12.1. The van der Waals surface area contributed by atoms with Crippen LogP contribution in [0.3, 0.4) is 0 Å². The molecule has 6 heteroatoms. The van der Waals surface area contributed by atoms with E-state index in [2.05, 4.69) is 29.2 Å². The number of amides is 1. The standard InChI is InChI=1S/C13H24N4O2/c1-10(2)5-6-13(4,19)7-15-12(18)11(3)17-9-14-8-16-17/h8-11,19H,5-7H2,1-4H3,(H,15,18). The summed E-state index contributed by atoms with van der Waals surface area (Å²) < 4.78 is 1.48. The molecule has 0 aliphatic heterocycles. The topological polar surface area (TPSA) is 80.0 Å². The Morgan fingerprint density at radius 3 is 2.68 bits per heavy atom. The number of hydrogen-bond donors (Lipinski definition) is 2. The van der Waals surface area contributed by atoms with E-state index < -0.39 is 11.6 Å². The lowest BCUT2D eigenvalue weighted by Gasteiger charge is -2.25. The summed E-state index contributed by atoms with van der Waals surface area (Å²) in [5.41, 5.74) is -0.873. The smallest absolute Gasteiger partial charge is 0.244 e. The molecule has 0 spiro atoms. The Morgan fingerprint density at radius 2 is 2.16 bits per heavy atom. The summed E-state index contributed by atoms with van der Waals surface area (Å²) in [5, 5.41) is 16.9. The molecule has 1 aromatic rings. The Balaban J connectivity index is 2.41. The Hall–Kier alpha value is -1.43. The predicted octanol–water partition coefficient (Wildman–Crippen LogP) is 1.14. The Bertz CT molecular complexity index is 387. The average molecular weight is 268 g/mol. The molecule has 0 aliphatic rings. The molecule has 1 aromatic heterocycles. The van der Waals surface area contributed by atoms with Crippen molar-refractivity contribution >= 4 is 5.91 Å². The molecule has 2 N–H and O–H groups in total. The number of rotatable bonds is 7. The van der Waals surface area contributed by atoms with E-state index in [0.717, 1.165) is 6.42 Å². The van der Waals surface area contributed by atoms with Crippen LogP contribution >= 0.6 is 0 Å². The number of carbonyl (C=O) groups excluding carboxylic acids is 1. The summed E-state index contributed by atoms with van der Waals surface area (Å²) >= 11 is 0. The lowest BCUT2D eigenvalue weighted by atomic mass is 9.95. The number of nitrogens with zero attached hydrogens (tertiary/aromatic N) is 3. The first-order chi connectivity index (χ1) is 8.82. The molecular weight excluding hydrogens is 244 g/mol. The van der Waals surface area contributed by atoms with E-state index in [1.54, 1.807) is 13.8 Å². The highest BCUT2D eigenvalue weighted by molar-refractivity contribution is 5.79. The molecule has 0 radical (unpaired) electrons. The third-order valence-corrected chi connectivity index (χ3v) is 3.12. The lowest BCUT2D eigenvalue weighted by Crippen LogP contribution is -2.43. The largest absolute Gasteiger partial charge is 0.388 e. The van der Waals surface area contributed by atoms with Gasteiger partial charge in [-0.05, 0) is 32.6 Å². The van der Waals surface area contributed by atoms with E-state index in [-0.39, 0.29) is 12.5 Å². The van der Waals surface area contributed by atoms with Crippen molar-refractivity contribution < 1.29 is 9.90 Å². The third-order valence-electron chi connectivity index (χ3n) is 3.12.